The van der Waals surface area contributed by atoms with Crippen LogP contribution >= 0.6 is 0 Å². The molecule has 0 spiro atoms. The van der Waals surface area contributed by atoms with Gasteiger partial charge < -0.3 is 21.6 Å². The van der Waals surface area contributed by atoms with E-state index in [-0.39, 0.29) is 5.92 Å². The number of nitrogens with zero attached hydrogens (tertiary/aromatic N) is 2. The van der Waals surface area contributed by atoms with Gasteiger partial charge in [-0.3, -0.25) is 14.7 Å². The number of benzene rings is 1. The third kappa shape index (κ3) is 5.55. The van der Waals surface area contributed by atoms with Crippen LogP contribution in [-0.2, 0) is 11.3 Å². The van der Waals surface area contributed by atoms with Crippen LogP contribution in [0.1, 0.15) is 29.5 Å². The zero-order valence-electron chi connectivity index (χ0n) is 16.8. The highest BCUT2D eigenvalue weighted by Gasteiger charge is 2.24. The van der Waals surface area contributed by atoms with Gasteiger partial charge in [0.2, 0.25) is 0 Å². The van der Waals surface area contributed by atoms with E-state index in [1.165, 1.54) is 18.0 Å². The number of carboxylic acid groups (broad SMARTS) is 1. The Labute approximate surface area is 176 Å². The Kier molecular flexibility index (Phi) is 7.34. The first-order valence-electron chi connectivity index (χ1n) is 9.94. The highest BCUT2D eigenvalue weighted by atomic mass is 16.4. The topological polar surface area (TPSA) is 115 Å². The van der Waals surface area contributed by atoms with Crippen molar-refractivity contribution >= 4 is 29.5 Å². The lowest BCUT2D eigenvalue weighted by Crippen LogP contribution is -2.35. The van der Waals surface area contributed by atoms with Crippen molar-refractivity contribution in [3.05, 3.63) is 71.8 Å². The van der Waals surface area contributed by atoms with E-state index in [2.05, 4.69) is 27.3 Å². The van der Waals surface area contributed by atoms with Crippen molar-refractivity contribution in [1.29, 1.82) is 5.41 Å². The lowest BCUT2D eigenvalue weighted by atomic mass is 9.97. The summed E-state index contributed by atoms with van der Waals surface area (Å²) < 4.78 is 0. The van der Waals surface area contributed by atoms with Crippen LogP contribution in [0.5, 0.6) is 0 Å². The summed E-state index contributed by atoms with van der Waals surface area (Å²) in [6.45, 7) is 2.48. The first-order chi connectivity index (χ1) is 14.6. The summed E-state index contributed by atoms with van der Waals surface area (Å²) in [5.41, 5.74) is 10.1. The smallest absolute Gasteiger partial charge is 0.306 e. The molecule has 0 unspecified atom stereocenters. The van der Waals surface area contributed by atoms with E-state index < -0.39 is 5.97 Å². The molecule has 1 aromatic carbocycles. The van der Waals surface area contributed by atoms with E-state index >= 15 is 0 Å². The van der Waals surface area contributed by atoms with Gasteiger partial charge in [0, 0.05) is 54.4 Å². The fourth-order valence-electron chi connectivity index (χ4n) is 3.55. The molecule has 2 heterocycles. The van der Waals surface area contributed by atoms with Crippen LogP contribution in [0.25, 0.3) is 11.6 Å². The van der Waals surface area contributed by atoms with Gasteiger partial charge in [-0.25, -0.2) is 0 Å². The average Bonchev–Trinajstić information content (AvgIpc) is 2.77. The monoisotopic (exact) mass is 405 g/mol. The Morgan fingerprint density at radius 3 is 2.63 bits per heavy atom. The lowest BCUT2D eigenvalue weighted by Gasteiger charge is -2.30. The molecule has 156 valence electrons. The predicted molar refractivity (Wildman–Crippen MR) is 120 cm³/mol. The molecule has 0 atom stereocenters. The van der Waals surface area contributed by atoms with Gasteiger partial charge in [-0.05, 0) is 61.3 Å². The first kappa shape index (κ1) is 21.3. The Balaban J connectivity index is 1.56. The highest BCUT2D eigenvalue weighted by molar-refractivity contribution is 6.09. The zero-order valence-corrected chi connectivity index (χ0v) is 16.8. The fraction of sp³-hybridized carbons (Fsp3) is 0.261. The second-order valence-electron chi connectivity index (χ2n) is 7.29. The molecule has 0 radical (unpaired) electrons. The minimum Gasteiger partial charge on any atom is -0.481 e. The molecule has 7 nitrogen and oxygen atoms in total. The maximum Gasteiger partial charge on any atom is 0.306 e. The number of carboxylic acids is 1. The summed E-state index contributed by atoms with van der Waals surface area (Å²) in [6, 6.07) is 10.0. The van der Waals surface area contributed by atoms with E-state index in [9.17, 15) is 4.79 Å². The van der Waals surface area contributed by atoms with Gasteiger partial charge in [0.25, 0.3) is 0 Å². The van der Waals surface area contributed by atoms with Crippen LogP contribution in [0.4, 0.5) is 5.69 Å². The normalized spacial score (nSPS) is 15.9. The van der Waals surface area contributed by atoms with Crippen molar-refractivity contribution in [2.75, 3.05) is 18.4 Å². The van der Waals surface area contributed by atoms with Crippen molar-refractivity contribution in [3.8, 4) is 0 Å². The summed E-state index contributed by atoms with van der Waals surface area (Å²) in [7, 11) is 0. The van der Waals surface area contributed by atoms with Crippen molar-refractivity contribution in [2.24, 2.45) is 11.7 Å². The molecule has 1 aliphatic heterocycles. The van der Waals surface area contributed by atoms with Crippen molar-refractivity contribution < 1.29 is 9.90 Å². The van der Waals surface area contributed by atoms with Crippen LogP contribution in [0.2, 0.25) is 0 Å². The second kappa shape index (κ2) is 10.4. The van der Waals surface area contributed by atoms with E-state index in [1.54, 1.807) is 12.4 Å². The van der Waals surface area contributed by atoms with Crippen LogP contribution in [-0.4, -0.2) is 40.3 Å². The van der Waals surface area contributed by atoms with Gasteiger partial charge in [0.1, 0.15) is 0 Å². The summed E-state index contributed by atoms with van der Waals surface area (Å²) in [5, 5.41) is 19.8. The molecular weight excluding hydrogens is 378 g/mol. The molecule has 0 bridgehead atoms. The number of nitrogens with two attached hydrogens (primary N) is 1. The van der Waals surface area contributed by atoms with Gasteiger partial charge in [0.15, 0.2) is 0 Å². The predicted octanol–water partition coefficient (Wildman–Crippen LogP) is 3.41. The maximum atomic E-state index is 11.1. The van der Waals surface area contributed by atoms with Gasteiger partial charge in [-0.2, -0.15) is 0 Å². The van der Waals surface area contributed by atoms with Gasteiger partial charge in [0.05, 0.1) is 5.92 Å². The fourth-order valence-corrected chi connectivity index (χ4v) is 3.55. The van der Waals surface area contributed by atoms with Crippen molar-refractivity contribution in [2.45, 2.75) is 19.4 Å². The van der Waals surface area contributed by atoms with Crippen molar-refractivity contribution in [1.82, 2.24) is 9.88 Å². The minimum atomic E-state index is -0.676. The number of anilines is 1. The summed E-state index contributed by atoms with van der Waals surface area (Å²) >= 11 is 0. The Bertz CT molecular complexity index is 929. The Morgan fingerprint density at radius 1 is 1.27 bits per heavy atom. The number of carbonyl (C=O) groups is 1. The molecular formula is C23H27N5O2. The molecule has 7 heteroatoms. The maximum absolute atomic E-state index is 11.1. The van der Waals surface area contributed by atoms with E-state index in [0.29, 0.717) is 5.57 Å². The number of pyridine rings is 1. The van der Waals surface area contributed by atoms with Crippen molar-refractivity contribution in [3.63, 3.8) is 0 Å². The number of rotatable bonds is 8. The number of likely N-dealkylation sites (tertiary alicyclic amines) is 1. The zero-order chi connectivity index (χ0) is 21.3. The van der Waals surface area contributed by atoms with E-state index in [0.717, 1.165) is 49.3 Å². The number of piperidine rings is 1. The van der Waals surface area contributed by atoms with Gasteiger partial charge in [-0.15, -0.1) is 0 Å². The molecule has 5 N–H and O–H groups in total. The molecule has 30 heavy (non-hydrogen) atoms. The van der Waals surface area contributed by atoms with Crippen LogP contribution in [0.3, 0.4) is 0 Å². The van der Waals surface area contributed by atoms with Crippen LogP contribution in [0, 0.1) is 11.3 Å². The average molecular weight is 406 g/mol. The number of hydrogen-bond acceptors (Lipinski definition) is 6. The Hall–Kier alpha value is -3.45. The molecule has 0 amide bonds. The van der Waals surface area contributed by atoms with Crippen LogP contribution in [0.15, 0.2) is 55.1 Å². The molecule has 2 aromatic rings. The van der Waals surface area contributed by atoms with Gasteiger partial charge >= 0.3 is 5.97 Å². The molecule has 1 fully saturated rings. The molecule has 3 rings (SSSR count). The molecule has 1 saturated heterocycles. The Morgan fingerprint density at radius 2 is 2.00 bits per heavy atom. The third-order valence-electron chi connectivity index (χ3n) is 5.31. The lowest BCUT2D eigenvalue weighted by molar-refractivity contribution is -0.143. The standard InChI is InChI=1S/C23H27N5O2/c24-13-20(14-25)22-6-9-26-15-19(22)5-10-27-21-3-1-17(2-4-21)16-28-11-7-18(8-12-28)23(29)30/h1-6,9-10,13-15,18,24,27H,7-8,11-12,16,25H2,(H,29,30)/b10-5+,20-14?,24-13?. The number of aliphatic carboxylic acids is 1. The quantitative estimate of drug-likeness (QED) is 0.500. The van der Waals surface area contributed by atoms with Crippen LogP contribution < -0.4 is 11.1 Å². The largest absolute Gasteiger partial charge is 0.481 e. The number of nitrogens with one attached hydrogen (secondary N) is 2. The molecule has 0 aliphatic carbocycles. The second-order valence-corrected chi connectivity index (χ2v) is 7.29. The minimum absolute atomic E-state index is 0.199. The molecule has 0 saturated carbocycles. The number of allylic oxidation sites excluding steroid dienone is 1. The SMILES string of the molecule is N=CC(=CN)c1ccncc1/C=C/Nc1ccc(CN2CCC(C(=O)O)CC2)cc1. The number of hydrogen-bond donors (Lipinski definition) is 4. The molecule has 1 aliphatic rings. The van der Waals surface area contributed by atoms with E-state index in [4.69, 9.17) is 16.2 Å². The summed E-state index contributed by atoms with van der Waals surface area (Å²) in [4.78, 5) is 17.5. The third-order valence-corrected chi connectivity index (χ3v) is 5.31. The highest BCUT2D eigenvalue weighted by Crippen LogP contribution is 2.20. The number of aromatic nitrogens is 1. The summed E-state index contributed by atoms with van der Waals surface area (Å²) in [6.07, 6.45) is 11.2. The molecule has 1 aromatic heterocycles. The van der Waals surface area contributed by atoms with E-state index in [1.807, 2.05) is 30.5 Å². The summed E-state index contributed by atoms with van der Waals surface area (Å²) in [5.74, 6) is -0.875. The van der Waals surface area contributed by atoms with Gasteiger partial charge in [-0.1, -0.05) is 12.1 Å². The first-order valence-corrected chi connectivity index (χ1v) is 9.94.